The zero-order valence-corrected chi connectivity index (χ0v) is 11.7. The van der Waals surface area contributed by atoms with Gasteiger partial charge in [-0.25, -0.2) is 4.39 Å². The second-order valence-corrected chi connectivity index (χ2v) is 5.93. The standard InChI is InChI=1S/C14H18FNO2S/c1-10-11(14(17)18)6-7-16(10)8-9-19-13-5-3-2-4-12(13)15/h2-5,10-11H,6-9H2,1H3,(H,17,18). The van der Waals surface area contributed by atoms with Gasteiger partial charge < -0.3 is 5.11 Å². The number of benzene rings is 1. The van der Waals surface area contributed by atoms with Crippen molar-refractivity contribution in [3.63, 3.8) is 0 Å². The van der Waals surface area contributed by atoms with Gasteiger partial charge in [0.05, 0.1) is 5.92 Å². The Labute approximate surface area is 116 Å². The fourth-order valence-electron chi connectivity index (χ4n) is 2.48. The molecule has 2 rings (SSSR count). The lowest BCUT2D eigenvalue weighted by Gasteiger charge is -2.22. The van der Waals surface area contributed by atoms with Gasteiger partial charge in [-0.2, -0.15) is 0 Å². The van der Waals surface area contributed by atoms with E-state index in [-0.39, 0.29) is 17.8 Å². The number of halogens is 1. The summed E-state index contributed by atoms with van der Waals surface area (Å²) in [5.74, 6) is -0.391. The summed E-state index contributed by atoms with van der Waals surface area (Å²) in [5.41, 5.74) is 0. The fourth-order valence-corrected chi connectivity index (χ4v) is 3.41. The molecule has 0 bridgehead atoms. The Morgan fingerprint density at radius 1 is 1.53 bits per heavy atom. The molecular formula is C14H18FNO2S. The van der Waals surface area contributed by atoms with E-state index in [1.165, 1.54) is 17.8 Å². The molecule has 1 heterocycles. The van der Waals surface area contributed by atoms with E-state index >= 15 is 0 Å². The summed E-state index contributed by atoms with van der Waals surface area (Å²) in [6.07, 6.45) is 0.709. The number of hydrogen-bond donors (Lipinski definition) is 1. The second-order valence-electron chi connectivity index (χ2n) is 4.79. The van der Waals surface area contributed by atoms with Gasteiger partial charge in [-0.15, -0.1) is 11.8 Å². The zero-order chi connectivity index (χ0) is 13.8. The van der Waals surface area contributed by atoms with Crippen LogP contribution in [-0.4, -0.2) is 40.9 Å². The molecule has 0 spiro atoms. The predicted octanol–water partition coefficient (Wildman–Crippen LogP) is 2.71. The smallest absolute Gasteiger partial charge is 0.308 e. The summed E-state index contributed by atoms with van der Waals surface area (Å²) >= 11 is 1.48. The molecule has 0 aromatic heterocycles. The minimum absolute atomic E-state index is 0.0683. The molecule has 1 aliphatic rings. The molecule has 0 amide bonds. The quantitative estimate of drug-likeness (QED) is 0.844. The summed E-state index contributed by atoms with van der Waals surface area (Å²) in [6.45, 7) is 3.57. The highest BCUT2D eigenvalue weighted by atomic mass is 32.2. The van der Waals surface area contributed by atoms with Crippen molar-refractivity contribution in [3.8, 4) is 0 Å². The van der Waals surface area contributed by atoms with Gasteiger partial charge in [-0.3, -0.25) is 9.69 Å². The van der Waals surface area contributed by atoms with Crippen LogP contribution in [0.25, 0.3) is 0 Å². The molecule has 3 nitrogen and oxygen atoms in total. The molecule has 104 valence electrons. The number of thioether (sulfide) groups is 1. The maximum Gasteiger partial charge on any atom is 0.308 e. The third-order valence-electron chi connectivity index (χ3n) is 3.68. The minimum Gasteiger partial charge on any atom is -0.481 e. The van der Waals surface area contributed by atoms with Gasteiger partial charge in [0.2, 0.25) is 0 Å². The van der Waals surface area contributed by atoms with Crippen molar-refractivity contribution in [1.29, 1.82) is 0 Å². The van der Waals surface area contributed by atoms with E-state index in [1.807, 2.05) is 13.0 Å². The molecule has 5 heteroatoms. The molecule has 1 N–H and O–H groups in total. The van der Waals surface area contributed by atoms with Crippen molar-refractivity contribution < 1.29 is 14.3 Å². The first-order valence-electron chi connectivity index (χ1n) is 6.44. The van der Waals surface area contributed by atoms with Crippen molar-refractivity contribution in [2.24, 2.45) is 5.92 Å². The fraction of sp³-hybridized carbons (Fsp3) is 0.500. The minimum atomic E-state index is -0.711. The van der Waals surface area contributed by atoms with Crippen LogP contribution in [0.5, 0.6) is 0 Å². The van der Waals surface area contributed by atoms with E-state index < -0.39 is 5.97 Å². The lowest BCUT2D eigenvalue weighted by atomic mass is 10.0. The van der Waals surface area contributed by atoms with Crippen molar-refractivity contribution >= 4 is 17.7 Å². The SMILES string of the molecule is CC1C(C(=O)O)CCN1CCSc1ccccc1F. The summed E-state index contributed by atoms with van der Waals surface area (Å²) in [5, 5.41) is 9.06. The Hall–Kier alpha value is -1.07. The number of carboxylic acid groups (broad SMARTS) is 1. The topological polar surface area (TPSA) is 40.5 Å². The van der Waals surface area contributed by atoms with Crippen LogP contribution < -0.4 is 0 Å². The van der Waals surface area contributed by atoms with Crippen LogP contribution in [0.15, 0.2) is 29.2 Å². The lowest BCUT2D eigenvalue weighted by Crippen LogP contribution is -2.34. The Balaban J connectivity index is 1.81. The van der Waals surface area contributed by atoms with Crippen LogP contribution in [0.3, 0.4) is 0 Å². The monoisotopic (exact) mass is 283 g/mol. The summed E-state index contributed by atoms with van der Waals surface area (Å²) in [7, 11) is 0. The third-order valence-corrected chi connectivity index (χ3v) is 4.70. The summed E-state index contributed by atoms with van der Waals surface area (Å²) in [4.78, 5) is 13.8. The Bertz CT molecular complexity index is 455. The van der Waals surface area contributed by atoms with Crippen molar-refractivity contribution in [1.82, 2.24) is 4.90 Å². The van der Waals surface area contributed by atoms with E-state index in [0.29, 0.717) is 11.3 Å². The second kappa shape index (κ2) is 6.39. The molecular weight excluding hydrogens is 265 g/mol. The van der Waals surface area contributed by atoms with Gasteiger partial charge in [0.15, 0.2) is 0 Å². The molecule has 0 saturated carbocycles. The van der Waals surface area contributed by atoms with Gasteiger partial charge in [-0.05, 0) is 32.0 Å². The van der Waals surface area contributed by atoms with E-state index in [1.54, 1.807) is 12.1 Å². The van der Waals surface area contributed by atoms with Crippen molar-refractivity contribution in [2.45, 2.75) is 24.3 Å². The van der Waals surface area contributed by atoms with Crippen molar-refractivity contribution in [2.75, 3.05) is 18.8 Å². The first-order chi connectivity index (χ1) is 9.09. The molecule has 2 unspecified atom stereocenters. The number of hydrogen-bond acceptors (Lipinski definition) is 3. The van der Waals surface area contributed by atoms with Crippen LogP contribution in [0.4, 0.5) is 4.39 Å². The molecule has 1 saturated heterocycles. The van der Waals surface area contributed by atoms with Gasteiger partial charge in [-0.1, -0.05) is 12.1 Å². The zero-order valence-electron chi connectivity index (χ0n) is 10.9. The molecule has 0 radical (unpaired) electrons. The average Bonchev–Trinajstić information content (AvgIpc) is 2.74. The molecule has 19 heavy (non-hydrogen) atoms. The molecule has 1 aliphatic heterocycles. The normalized spacial score (nSPS) is 23.7. The maximum atomic E-state index is 13.4. The van der Waals surface area contributed by atoms with Crippen LogP contribution in [0.2, 0.25) is 0 Å². The first-order valence-corrected chi connectivity index (χ1v) is 7.42. The Morgan fingerprint density at radius 2 is 2.26 bits per heavy atom. The van der Waals surface area contributed by atoms with Gasteiger partial charge >= 0.3 is 5.97 Å². The van der Waals surface area contributed by atoms with Gasteiger partial charge in [0.1, 0.15) is 5.82 Å². The maximum absolute atomic E-state index is 13.4. The van der Waals surface area contributed by atoms with Crippen LogP contribution in [-0.2, 0) is 4.79 Å². The van der Waals surface area contributed by atoms with E-state index in [0.717, 1.165) is 18.8 Å². The van der Waals surface area contributed by atoms with E-state index in [9.17, 15) is 9.18 Å². The molecule has 1 fully saturated rings. The van der Waals surface area contributed by atoms with Gasteiger partial charge in [0, 0.05) is 23.2 Å². The van der Waals surface area contributed by atoms with Crippen LogP contribution in [0, 0.1) is 11.7 Å². The Morgan fingerprint density at radius 3 is 2.89 bits per heavy atom. The van der Waals surface area contributed by atoms with E-state index in [2.05, 4.69) is 4.90 Å². The number of aliphatic carboxylic acids is 1. The number of nitrogens with zero attached hydrogens (tertiary/aromatic N) is 1. The first kappa shape index (κ1) is 14.3. The van der Waals surface area contributed by atoms with E-state index in [4.69, 9.17) is 5.11 Å². The average molecular weight is 283 g/mol. The number of carboxylic acids is 1. The van der Waals surface area contributed by atoms with Gasteiger partial charge in [0.25, 0.3) is 0 Å². The molecule has 1 aromatic carbocycles. The number of carbonyl (C=O) groups is 1. The number of likely N-dealkylation sites (tertiary alicyclic amines) is 1. The molecule has 2 atom stereocenters. The summed E-state index contributed by atoms with van der Waals surface area (Å²) in [6, 6.07) is 6.80. The number of rotatable bonds is 5. The highest BCUT2D eigenvalue weighted by molar-refractivity contribution is 7.99. The summed E-state index contributed by atoms with van der Waals surface area (Å²) < 4.78 is 13.4. The third kappa shape index (κ3) is 3.48. The highest BCUT2D eigenvalue weighted by Crippen LogP contribution is 2.26. The lowest BCUT2D eigenvalue weighted by molar-refractivity contribution is -0.142. The van der Waals surface area contributed by atoms with Crippen LogP contribution >= 0.6 is 11.8 Å². The van der Waals surface area contributed by atoms with Crippen molar-refractivity contribution in [3.05, 3.63) is 30.1 Å². The predicted molar refractivity (Wildman–Crippen MR) is 73.9 cm³/mol. The highest BCUT2D eigenvalue weighted by Gasteiger charge is 2.34. The Kier molecular flexibility index (Phi) is 4.82. The molecule has 0 aliphatic carbocycles. The largest absolute Gasteiger partial charge is 0.481 e. The van der Waals surface area contributed by atoms with Crippen LogP contribution in [0.1, 0.15) is 13.3 Å². The molecule has 1 aromatic rings.